The molecule has 1 aromatic rings. The molecule has 1 aliphatic rings. The molecule has 0 saturated carbocycles. The molecule has 1 nitrogen and oxygen atoms in total. The zero-order valence-electron chi connectivity index (χ0n) is 7.95. The molecule has 2 unspecified atom stereocenters. The van der Waals surface area contributed by atoms with Crippen LogP contribution in [0.3, 0.4) is 0 Å². The Bertz CT molecular complexity index is 320. The third-order valence-corrected chi connectivity index (χ3v) is 3.96. The second kappa shape index (κ2) is 3.35. The number of hydrogen-bond donors (Lipinski definition) is 1. The Hall–Kier alpha value is -0.470. The van der Waals surface area contributed by atoms with Crippen LogP contribution in [-0.2, 0) is 0 Å². The molecule has 2 atom stereocenters. The van der Waals surface area contributed by atoms with Crippen LogP contribution in [0.4, 0.5) is 0 Å². The summed E-state index contributed by atoms with van der Waals surface area (Å²) in [6, 6.07) is 6.24. The predicted molar refractivity (Wildman–Crippen MR) is 56.2 cm³/mol. The highest BCUT2D eigenvalue weighted by Gasteiger charge is 2.22. The fraction of sp³-hybridized carbons (Fsp3) is 0.455. The zero-order chi connectivity index (χ0) is 9.42. The van der Waals surface area contributed by atoms with E-state index >= 15 is 0 Å². The van der Waals surface area contributed by atoms with E-state index in [1.807, 2.05) is 30.8 Å². The lowest BCUT2D eigenvalue weighted by atomic mass is 9.99. The van der Waals surface area contributed by atoms with E-state index in [0.717, 1.165) is 11.3 Å². The Labute approximate surface area is 83.2 Å². The Balaban J connectivity index is 2.51. The lowest BCUT2D eigenvalue weighted by molar-refractivity contribution is 0.196. The zero-order valence-corrected chi connectivity index (χ0v) is 8.77. The van der Waals surface area contributed by atoms with Crippen LogP contribution >= 0.6 is 11.8 Å². The second-order valence-corrected chi connectivity index (χ2v) is 4.68. The van der Waals surface area contributed by atoms with Crippen molar-refractivity contribution in [1.29, 1.82) is 0 Å². The minimum Gasteiger partial charge on any atom is -0.389 e. The molecule has 0 saturated heterocycles. The summed E-state index contributed by atoms with van der Waals surface area (Å²) in [6.45, 7) is 4.07. The highest BCUT2D eigenvalue weighted by Crippen LogP contribution is 2.42. The van der Waals surface area contributed by atoms with Crippen LogP contribution in [-0.4, -0.2) is 10.9 Å². The van der Waals surface area contributed by atoms with Gasteiger partial charge in [0.25, 0.3) is 0 Å². The largest absolute Gasteiger partial charge is 0.389 e. The van der Waals surface area contributed by atoms with Gasteiger partial charge in [0, 0.05) is 10.6 Å². The highest BCUT2D eigenvalue weighted by molar-refractivity contribution is 7.99. The standard InChI is InChI=1S/C11H14OS/c1-7-6-13-11-9(7)4-3-5-10(11)8(2)12/h3-5,7-8,12H,6H2,1-2H3. The Kier molecular flexibility index (Phi) is 2.35. The molecule has 1 aromatic carbocycles. The van der Waals surface area contributed by atoms with Crippen molar-refractivity contribution >= 4 is 11.8 Å². The molecule has 0 amide bonds. The van der Waals surface area contributed by atoms with Crippen LogP contribution < -0.4 is 0 Å². The lowest BCUT2D eigenvalue weighted by Crippen LogP contribution is -1.95. The number of benzene rings is 1. The number of aliphatic hydroxyl groups excluding tert-OH is 1. The number of thioether (sulfide) groups is 1. The van der Waals surface area contributed by atoms with Crippen molar-refractivity contribution < 1.29 is 5.11 Å². The van der Waals surface area contributed by atoms with Crippen LogP contribution in [0.2, 0.25) is 0 Å². The van der Waals surface area contributed by atoms with Crippen LogP contribution in [0.15, 0.2) is 23.1 Å². The van der Waals surface area contributed by atoms with Gasteiger partial charge in [-0.25, -0.2) is 0 Å². The number of fused-ring (bicyclic) bond motifs is 1. The molecule has 2 heteroatoms. The molecular formula is C11H14OS. The molecule has 0 aliphatic carbocycles. The van der Waals surface area contributed by atoms with E-state index in [-0.39, 0.29) is 6.10 Å². The monoisotopic (exact) mass is 194 g/mol. The number of aliphatic hydroxyl groups is 1. The highest BCUT2D eigenvalue weighted by atomic mass is 32.2. The molecule has 1 N–H and O–H groups in total. The van der Waals surface area contributed by atoms with Crippen molar-refractivity contribution in [3.63, 3.8) is 0 Å². The summed E-state index contributed by atoms with van der Waals surface area (Å²) in [7, 11) is 0. The fourth-order valence-electron chi connectivity index (χ4n) is 1.76. The molecule has 0 radical (unpaired) electrons. The maximum absolute atomic E-state index is 9.56. The first kappa shape index (κ1) is 9.10. The van der Waals surface area contributed by atoms with Crippen LogP contribution in [0.5, 0.6) is 0 Å². The smallest absolute Gasteiger partial charge is 0.0772 e. The van der Waals surface area contributed by atoms with Gasteiger partial charge in [-0.3, -0.25) is 0 Å². The Morgan fingerprint density at radius 3 is 3.00 bits per heavy atom. The van der Waals surface area contributed by atoms with Gasteiger partial charge >= 0.3 is 0 Å². The van der Waals surface area contributed by atoms with Gasteiger partial charge in [-0.2, -0.15) is 0 Å². The quantitative estimate of drug-likeness (QED) is 0.741. The van der Waals surface area contributed by atoms with Gasteiger partial charge in [-0.1, -0.05) is 25.1 Å². The molecule has 0 fully saturated rings. The summed E-state index contributed by atoms with van der Waals surface area (Å²) >= 11 is 1.87. The van der Waals surface area contributed by atoms with Gasteiger partial charge in [-0.05, 0) is 24.0 Å². The van der Waals surface area contributed by atoms with Gasteiger partial charge in [-0.15, -0.1) is 11.8 Å². The minimum atomic E-state index is -0.340. The van der Waals surface area contributed by atoms with Gasteiger partial charge < -0.3 is 5.11 Å². The van der Waals surface area contributed by atoms with Crippen molar-refractivity contribution in [2.45, 2.75) is 30.8 Å². The normalized spacial score (nSPS) is 22.8. The van der Waals surface area contributed by atoms with Gasteiger partial charge in [0.15, 0.2) is 0 Å². The van der Waals surface area contributed by atoms with Crippen molar-refractivity contribution in [1.82, 2.24) is 0 Å². The first-order valence-electron chi connectivity index (χ1n) is 4.64. The van der Waals surface area contributed by atoms with Crippen molar-refractivity contribution in [3.8, 4) is 0 Å². The van der Waals surface area contributed by atoms with Crippen molar-refractivity contribution in [2.75, 3.05) is 5.75 Å². The van der Waals surface area contributed by atoms with Crippen LogP contribution in [0, 0.1) is 0 Å². The summed E-state index contributed by atoms with van der Waals surface area (Å²) in [5.41, 5.74) is 2.50. The van der Waals surface area contributed by atoms with Gasteiger partial charge in [0.05, 0.1) is 6.10 Å². The lowest BCUT2D eigenvalue weighted by Gasteiger charge is -2.10. The maximum atomic E-state index is 9.56. The van der Waals surface area contributed by atoms with Crippen molar-refractivity contribution in [2.24, 2.45) is 0 Å². The summed E-state index contributed by atoms with van der Waals surface area (Å²) < 4.78 is 0. The first-order valence-corrected chi connectivity index (χ1v) is 5.62. The predicted octanol–water partition coefficient (Wildman–Crippen LogP) is 2.95. The second-order valence-electron chi connectivity index (χ2n) is 3.65. The maximum Gasteiger partial charge on any atom is 0.0772 e. The molecule has 70 valence electrons. The van der Waals surface area contributed by atoms with Gasteiger partial charge in [0.1, 0.15) is 0 Å². The van der Waals surface area contributed by atoms with Gasteiger partial charge in [0.2, 0.25) is 0 Å². The van der Waals surface area contributed by atoms with E-state index < -0.39 is 0 Å². The van der Waals surface area contributed by atoms with Crippen molar-refractivity contribution in [3.05, 3.63) is 29.3 Å². The average Bonchev–Trinajstić information content (AvgIpc) is 2.48. The Morgan fingerprint density at radius 2 is 2.31 bits per heavy atom. The molecule has 1 heterocycles. The van der Waals surface area contributed by atoms with E-state index in [0.29, 0.717) is 5.92 Å². The van der Waals surface area contributed by atoms with E-state index in [1.165, 1.54) is 10.5 Å². The fourth-order valence-corrected chi connectivity index (χ4v) is 3.19. The molecular weight excluding hydrogens is 180 g/mol. The summed E-state index contributed by atoms with van der Waals surface area (Å²) in [5, 5.41) is 9.56. The van der Waals surface area contributed by atoms with E-state index in [1.54, 1.807) is 0 Å². The molecule has 0 bridgehead atoms. The first-order chi connectivity index (χ1) is 6.20. The number of rotatable bonds is 1. The summed E-state index contributed by atoms with van der Waals surface area (Å²) in [5.74, 6) is 1.79. The molecule has 13 heavy (non-hydrogen) atoms. The van der Waals surface area contributed by atoms with E-state index in [4.69, 9.17) is 0 Å². The number of hydrogen-bond acceptors (Lipinski definition) is 2. The SMILES string of the molecule is CC(O)c1cccc2c1SCC2C. The summed E-state index contributed by atoms with van der Waals surface area (Å²) in [4.78, 5) is 1.31. The Morgan fingerprint density at radius 1 is 1.54 bits per heavy atom. The van der Waals surface area contributed by atoms with E-state index in [9.17, 15) is 5.11 Å². The molecule has 1 aliphatic heterocycles. The minimum absolute atomic E-state index is 0.340. The molecule has 0 aromatic heterocycles. The third kappa shape index (κ3) is 1.49. The topological polar surface area (TPSA) is 20.2 Å². The third-order valence-electron chi connectivity index (χ3n) is 2.53. The van der Waals surface area contributed by atoms with E-state index in [2.05, 4.69) is 13.0 Å². The average molecular weight is 194 g/mol. The van der Waals surface area contributed by atoms with Crippen LogP contribution in [0.1, 0.15) is 37.0 Å². The summed E-state index contributed by atoms with van der Waals surface area (Å²) in [6.07, 6.45) is -0.340. The molecule has 2 rings (SSSR count). The van der Waals surface area contributed by atoms with Crippen LogP contribution in [0.25, 0.3) is 0 Å². The molecule has 0 spiro atoms.